The summed E-state index contributed by atoms with van der Waals surface area (Å²) in [5.41, 5.74) is 5.12. The summed E-state index contributed by atoms with van der Waals surface area (Å²) >= 11 is 13.1. The molecule has 156 valence electrons. The summed E-state index contributed by atoms with van der Waals surface area (Å²) in [7, 11) is 0. The van der Waals surface area contributed by atoms with Gasteiger partial charge in [-0.25, -0.2) is 10.1 Å². The topological polar surface area (TPSA) is 110 Å². The second-order valence-electron chi connectivity index (χ2n) is 6.03. The number of thioether (sulfide) groups is 1. The van der Waals surface area contributed by atoms with Crippen molar-refractivity contribution < 1.29 is 4.79 Å². The van der Waals surface area contributed by atoms with Crippen LogP contribution in [0.3, 0.4) is 0 Å². The van der Waals surface area contributed by atoms with Crippen LogP contribution in [0.4, 0.5) is 11.6 Å². The molecule has 0 aliphatic carbocycles. The van der Waals surface area contributed by atoms with Gasteiger partial charge in [0.25, 0.3) is 5.95 Å². The van der Waals surface area contributed by atoms with E-state index in [2.05, 4.69) is 26.0 Å². The van der Waals surface area contributed by atoms with Gasteiger partial charge in [0, 0.05) is 5.02 Å². The number of halogens is 2. The Bertz CT molecular complexity index is 1060. The van der Waals surface area contributed by atoms with Gasteiger partial charge < -0.3 is 11.2 Å². The van der Waals surface area contributed by atoms with Gasteiger partial charge in [0.05, 0.1) is 22.2 Å². The molecule has 8 nitrogen and oxygen atoms in total. The summed E-state index contributed by atoms with van der Waals surface area (Å²) < 4.78 is 1.24. The number of hydrogen-bond donors (Lipinski definition) is 3. The molecule has 30 heavy (non-hydrogen) atoms. The van der Waals surface area contributed by atoms with Crippen molar-refractivity contribution in [3.63, 3.8) is 0 Å². The molecule has 0 fully saturated rings. The minimum atomic E-state index is -0.281. The first kappa shape index (κ1) is 21.9. The minimum absolute atomic E-state index is 0.0612. The summed E-state index contributed by atoms with van der Waals surface area (Å²) in [5, 5.41) is 16.3. The predicted molar refractivity (Wildman–Crippen MR) is 123 cm³/mol. The monoisotopic (exact) mass is 463 g/mol. The van der Waals surface area contributed by atoms with Crippen molar-refractivity contribution in [1.29, 1.82) is 0 Å². The number of benzene rings is 2. The molecule has 3 aromatic rings. The van der Waals surface area contributed by atoms with Crippen LogP contribution < -0.4 is 16.6 Å². The maximum Gasteiger partial charge on any atom is 0.264 e. The van der Waals surface area contributed by atoms with Crippen LogP contribution in [0.25, 0.3) is 0 Å². The van der Waals surface area contributed by atoms with E-state index in [9.17, 15) is 4.79 Å². The van der Waals surface area contributed by atoms with E-state index in [1.807, 2.05) is 37.3 Å². The van der Waals surface area contributed by atoms with Crippen molar-refractivity contribution in [3.8, 4) is 0 Å². The molecular weight excluding hydrogens is 445 g/mol. The van der Waals surface area contributed by atoms with E-state index in [1.54, 1.807) is 18.2 Å². The molecule has 3 rings (SSSR count). The predicted octanol–water partition coefficient (Wildman–Crippen LogP) is 4.26. The molecule has 0 aliphatic rings. The van der Waals surface area contributed by atoms with Gasteiger partial charge in [-0.3, -0.25) is 4.79 Å². The normalized spacial score (nSPS) is 11.4. The van der Waals surface area contributed by atoms with E-state index < -0.39 is 0 Å². The lowest BCUT2D eigenvalue weighted by molar-refractivity contribution is -0.113. The fourth-order valence-corrected chi connectivity index (χ4v) is 3.45. The largest absolute Gasteiger partial charge is 0.334 e. The first-order chi connectivity index (χ1) is 14.5. The van der Waals surface area contributed by atoms with Crippen LogP contribution in [0.15, 0.2) is 58.8 Å². The van der Waals surface area contributed by atoms with Gasteiger partial charge >= 0.3 is 0 Å². The van der Waals surface area contributed by atoms with E-state index in [0.717, 1.165) is 29.5 Å². The maximum atomic E-state index is 12.2. The van der Waals surface area contributed by atoms with Crippen molar-refractivity contribution >= 4 is 58.2 Å². The highest BCUT2D eigenvalue weighted by Gasteiger charge is 2.13. The first-order valence-electron chi connectivity index (χ1n) is 8.94. The third-order valence-electron chi connectivity index (χ3n) is 3.93. The average molecular weight is 464 g/mol. The highest BCUT2D eigenvalue weighted by Crippen LogP contribution is 2.26. The summed E-state index contributed by atoms with van der Waals surface area (Å²) in [4.78, 5) is 12.2. The Labute approximate surface area is 187 Å². The molecule has 0 saturated carbocycles. The highest BCUT2D eigenvalue weighted by atomic mass is 35.5. The van der Waals surface area contributed by atoms with Crippen LogP contribution >= 0.6 is 35.0 Å². The third-order valence-corrected chi connectivity index (χ3v) is 5.44. The second-order valence-corrected chi connectivity index (χ2v) is 7.81. The Morgan fingerprint density at radius 1 is 1.20 bits per heavy atom. The number of hydrazone groups is 1. The van der Waals surface area contributed by atoms with Gasteiger partial charge in [-0.05, 0) is 30.2 Å². The molecule has 11 heteroatoms. The quantitative estimate of drug-likeness (QED) is 0.199. The van der Waals surface area contributed by atoms with E-state index >= 15 is 0 Å². The number of anilines is 2. The Kier molecular flexibility index (Phi) is 7.56. The van der Waals surface area contributed by atoms with Gasteiger partial charge in [0.2, 0.25) is 11.1 Å². The zero-order valence-corrected chi connectivity index (χ0v) is 18.3. The Hall–Kier alpha value is -2.75. The van der Waals surface area contributed by atoms with Crippen LogP contribution in [0.1, 0.15) is 18.9 Å². The molecule has 0 aliphatic heterocycles. The number of aromatic nitrogens is 3. The van der Waals surface area contributed by atoms with Crippen molar-refractivity contribution in [2.24, 2.45) is 5.10 Å². The molecule has 0 unspecified atom stereocenters. The number of carbonyl (C=O) groups excluding carboxylic acids is 1. The number of nitrogens with one attached hydrogen (secondary N) is 2. The van der Waals surface area contributed by atoms with Crippen LogP contribution in [0.2, 0.25) is 10.0 Å². The van der Waals surface area contributed by atoms with Gasteiger partial charge in [-0.2, -0.15) is 5.10 Å². The lowest BCUT2D eigenvalue weighted by atomic mass is 10.1. The van der Waals surface area contributed by atoms with E-state index in [0.29, 0.717) is 20.9 Å². The molecule has 0 atom stereocenters. The molecule has 0 spiro atoms. The second kappa shape index (κ2) is 10.3. The SMILES string of the molecule is CC/C(=N/Nc1nnc(SCC(=O)Nc2cc(Cl)ccc2Cl)n1N)c1ccccc1. The fraction of sp³-hybridized carbons (Fsp3) is 0.158. The smallest absolute Gasteiger partial charge is 0.264 e. The molecule has 2 aromatic carbocycles. The highest BCUT2D eigenvalue weighted by molar-refractivity contribution is 7.99. The third kappa shape index (κ3) is 5.65. The van der Waals surface area contributed by atoms with E-state index in [1.165, 1.54) is 4.68 Å². The Morgan fingerprint density at radius 3 is 2.70 bits per heavy atom. The minimum Gasteiger partial charge on any atom is -0.334 e. The summed E-state index contributed by atoms with van der Waals surface area (Å²) in [6.07, 6.45) is 0.726. The molecule has 1 aromatic heterocycles. The molecule has 1 heterocycles. The van der Waals surface area contributed by atoms with E-state index in [4.69, 9.17) is 29.0 Å². The number of hydrogen-bond acceptors (Lipinski definition) is 7. The van der Waals surface area contributed by atoms with Crippen molar-refractivity contribution in [1.82, 2.24) is 14.9 Å². The van der Waals surface area contributed by atoms with Gasteiger partial charge in [0.1, 0.15) is 0 Å². The standard InChI is InChI=1S/C19H19Cl2N7OS/c1-2-15(12-6-4-3-5-7-12)24-25-18-26-27-19(28(18)22)30-11-17(29)23-16-10-13(20)8-9-14(16)21/h3-10H,2,11,22H2,1H3,(H,23,29)(H,25,26)/b24-15-. The number of carbonyl (C=O) groups is 1. The Morgan fingerprint density at radius 2 is 1.97 bits per heavy atom. The molecule has 1 amide bonds. The summed E-state index contributed by atoms with van der Waals surface area (Å²) in [6.45, 7) is 2.01. The molecule has 0 radical (unpaired) electrons. The van der Waals surface area contributed by atoms with Crippen molar-refractivity contribution in [2.75, 3.05) is 22.3 Å². The lowest BCUT2D eigenvalue weighted by Crippen LogP contribution is -2.17. The molecule has 0 bridgehead atoms. The van der Waals surface area contributed by atoms with Crippen LogP contribution in [-0.4, -0.2) is 32.2 Å². The van der Waals surface area contributed by atoms with E-state index in [-0.39, 0.29) is 17.6 Å². The molecule has 4 N–H and O–H groups in total. The van der Waals surface area contributed by atoms with Gasteiger partial charge in [-0.15, -0.1) is 10.2 Å². The summed E-state index contributed by atoms with van der Waals surface area (Å²) in [5.74, 6) is 6.06. The number of nitrogens with zero attached hydrogens (tertiary/aromatic N) is 4. The zero-order chi connectivity index (χ0) is 21.5. The molecule has 0 saturated heterocycles. The number of nitrogen functional groups attached to an aromatic ring is 1. The number of nitrogens with two attached hydrogens (primary N) is 1. The van der Waals surface area contributed by atoms with Crippen LogP contribution in [0.5, 0.6) is 0 Å². The number of rotatable bonds is 8. The Balaban J connectivity index is 1.60. The fourth-order valence-electron chi connectivity index (χ4n) is 2.46. The maximum absolute atomic E-state index is 12.2. The lowest BCUT2D eigenvalue weighted by Gasteiger charge is -2.08. The number of amides is 1. The van der Waals surface area contributed by atoms with Gasteiger partial charge in [0.15, 0.2) is 0 Å². The zero-order valence-electron chi connectivity index (χ0n) is 16.0. The van der Waals surface area contributed by atoms with Crippen molar-refractivity contribution in [3.05, 3.63) is 64.1 Å². The molecular formula is C19H19Cl2N7OS. The van der Waals surface area contributed by atoms with Crippen molar-refractivity contribution in [2.45, 2.75) is 18.5 Å². The summed E-state index contributed by atoms with van der Waals surface area (Å²) in [6, 6.07) is 14.6. The van der Waals surface area contributed by atoms with Crippen LogP contribution in [-0.2, 0) is 4.79 Å². The average Bonchev–Trinajstić information content (AvgIpc) is 3.10. The first-order valence-corrected chi connectivity index (χ1v) is 10.7. The van der Waals surface area contributed by atoms with Crippen LogP contribution in [0, 0.1) is 0 Å². The van der Waals surface area contributed by atoms with Gasteiger partial charge in [-0.1, -0.05) is 72.2 Å².